The van der Waals surface area contributed by atoms with Gasteiger partial charge in [-0.15, -0.1) is 0 Å². The van der Waals surface area contributed by atoms with Crippen molar-refractivity contribution in [3.05, 3.63) is 35.4 Å². The molecule has 0 bridgehead atoms. The van der Waals surface area contributed by atoms with Crippen LogP contribution in [0.2, 0.25) is 0 Å². The Bertz CT molecular complexity index is 612. The summed E-state index contributed by atoms with van der Waals surface area (Å²) in [5.41, 5.74) is 2.72. The van der Waals surface area contributed by atoms with Gasteiger partial charge in [0.05, 0.1) is 5.92 Å². The molecule has 1 fully saturated rings. The van der Waals surface area contributed by atoms with Crippen molar-refractivity contribution in [2.24, 2.45) is 11.8 Å². The molecule has 23 heavy (non-hydrogen) atoms. The second-order valence-corrected chi connectivity index (χ2v) is 7.33. The zero-order chi connectivity index (χ0) is 16.4. The zero-order valence-corrected chi connectivity index (χ0v) is 13.7. The third-order valence-electron chi connectivity index (χ3n) is 5.65. The molecular formula is C19H25NO3. The second kappa shape index (κ2) is 6.34. The van der Waals surface area contributed by atoms with Crippen molar-refractivity contribution in [3.8, 4) is 0 Å². The number of carboxylic acids is 1. The van der Waals surface area contributed by atoms with Crippen molar-refractivity contribution in [2.75, 3.05) is 6.54 Å². The van der Waals surface area contributed by atoms with E-state index >= 15 is 0 Å². The quantitative estimate of drug-likeness (QED) is 0.898. The molecule has 124 valence electrons. The third-order valence-corrected chi connectivity index (χ3v) is 5.65. The van der Waals surface area contributed by atoms with E-state index in [-0.39, 0.29) is 23.2 Å². The minimum absolute atomic E-state index is 0.0185. The molecule has 2 aliphatic rings. The molecule has 3 rings (SSSR count). The van der Waals surface area contributed by atoms with Crippen molar-refractivity contribution in [1.82, 2.24) is 5.32 Å². The monoisotopic (exact) mass is 315 g/mol. The van der Waals surface area contributed by atoms with Crippen molar-refractivity contribution in [2.45, 2.75) is 50.9 Å². The molecule has 4 nitrogen and oxygen atoms in total. The van der Waals surface area contributed by atoms with E-state index in [1.807, 2.05) is 0 Å². The molecule has 1 aromatic carbocycles. The normalized spacial score (nSPS) is 29.8. The van der Waals surface area contributed by atoms with Gasteiger partial charge in [-0.1, -0.05) is 31.2 Å². The summed E-state index contributed by atoms with van der Waals surface area (Å²) < 4.78 is 0. The molecule has 0 spiro atoms. The zero-order valence-electron chi connectivity index (χ0n) is 13.7. The first-order valence-electron chi connectivity index (χ1n) is 8.58. The number of benzene rings is 1. The molecule has 4 heteroatoms. The molecule has 1 saturated carbocycles. The Labute approximate surface area is 137 Å². The van der Waals surface area contributed by atoms with Gasteiger partial charge in [0.15, 0.2) is 0 Å². The number of hydrogen-bond donors (Lipinski definition) is 2. The second-order valence-electron chi connectivity index (χ2n) is 7.33. The van der Waals surface area contributed by atoms with Crippen LogP contribution in [0.15, 0.2) is 24.3 Å². The minimum atomic E-state index is -0.770. The molecule has 1 aromatic rings. The Morgan fingerprint density at radius 2 is 2.00 bits per heavy atom. The van der Waals surface area contributed by atoms with Gasteiger partial charge in [0.25, 0.3) is 0 Å². The third kappa shape index (κ3) is 3.26. The number of hydrogen-bond acceptors (Lipinski definition) is 2. The molecular weight excluding hydrogens is 290 g/mol. The van der Waals surface area contributed by atoms with Gasteiger partial charge in [-0.2, -0.15) is 0 Å². The number of aryl methyl sites for hydroxylation is 1. The maximum absolute atomic E-state index is 12.4. The Balaban J connectivity index is 1.62. The SMILES string of the molecule is CC1(CNC(=O)[C@@H]2CC[C@H](C(=O)O)C2)CCCc2ccccc21. The van der Waals surface area contributed by atoms with E-state index in [4.69, 9.17) is 5.11 Å². The molecule has 0 heterocycles. The molecule has 0 aromatic heterocycles. The summed E-state index contributed by atoms with van der Waals surface area (Å²) in [6.07, 6.45) is 5.13. The number of carbonyl (C=O) groups is 2. The van der Waals surface area contributed by atoms with Crippen LogP contribution < -0.4 is 5.32 Å². The van der Waals surface area contributed by atoms with Gasteiger partial charge in [-0.25, -0.2) is 0 Å². The molecule has 3 atom stereocenters. The molecule has 1 amide bonds. The van der Waals surface area contributed by atoms with E-state index < -0.39 is 5.97 Å². The van der Waals surface area contributed by atoms with Crippen molar-refractivity contribution in [1.29, 1.82) is 0 Å². The van der Waals surface area contributed by atoms with Crippen molar-refractivity contribution < 1.29 is 14.7 Å². The van der Waals surface area contributed by atoms with E-state index in [2.05, 4.69) is 36.5 Å². The average Bonchev–Trinajstić information content (AvgIpc) is 3.04. The van der Waals surface area contributed by atoms with Crippen LogP contribution in [0.4, 0.5) is 0 Å². The maximum Gasteiger partial charge on any atom is 0.306 e. The largest absolute Gasteiger partial charge is 0.481 e. The molecule has 1 unspecified atom stereocenters. The van der Waals surface area contributed by atoms with Gasteiger partial charge in [0.1, 0.15) is 0 Å². The number of rotatable bonds is 4. The van der Waals surface area contributed by atoms with Crippen LogP contribution in [0.25, 0.3) is 0 Å². The lowest BCUT2D eigenvalue weighted by Gasteiger charge is -2.36. The standard InChI is InChI=1S/C19H25NO3/c1-19(10-4-6-13-5-2-3-7-16(13)19)12-20-17(21)14-8-9-15(11-14)18(22)23/h2-3,5,7,14-15H,4,6,8-12H2,1H3,(H,20,21)(H,22,23)/t14-,15+,19?/m1/s1. The van der Waals surface area contributed by atoms with Gasteiger partial charge in [-0.05, 0) is 49.7 Å². The van der Waals surface area contributed by atoms with Gasteiger partial charge >= 0.3 is 5.97 Å². The highest BCUT2D eigenvalue weighted by atomic mass is 16.4. The van der Waals surface area contributed by atoms with Crippen LogP contribution in [0.1, 0.15) is 50.2 Å². The number of carboxylic acid groups (broad SMARTS) is 1. The highest BCUT2D eigenvalue weighted by Gasteiger charge is 2.36. The number of amides is 1. The summed E-state index contributed by atoms with van der Waals surface area (Å²) in [7, 11) is 0. The average molecular weight is 315 g/mol. The van der Waals surface area contributed by atoms with Crippen LogP contribution in [0, 0.1) is 11.8 Å². The Morgan fingerprint density at radius 1 is 1.26 bits per heavy atom. The van der Waals surface area contributed by atoms with Crippen LogP contribution >= 0.6 is 0 Å². The number of aliphatic carboxylic acids is 1. The summed E-state index contributed by atoms with van der Waals surface area (Å²) in [4.78, 5) is 23.4. The van der Waals surface area contributed by atoms with Gasteiger partial charge in [-0.3, -0.25) is 9.59 Å². The van der Waals surface area contributed by atoms with Crippen LogP contribution in [0.3, 0.4) is 0 Å². The highest BCUT2D eigenvalue weighted by molar-refractivity contribution is 5.81. The van der Waals surface area contributed by atoms with Gasteiger partial charge < -0.3 is 10.4 Å². The fourth-order valence-electron chi connectivity index (χ4n) is 4.18. The van der Waals surface area contributed by atoms with E-state index in [1.54, 1.807) is 0 Å². The lowest BCUT2D eigenvalue weighted by Crippen LogP contribution is -2.42. The fraction of sp³-hybridized carbons (Fsp3) is 0.579. The first-order valence-corrected chi connectivity index (χ1v) is 8.58. The maximum atomic E-state index is 12.4. The predicted octanol–water partition coefficient (Wildman–Crippen LogP) is 2.90. The predicted molar refractivity (Wildman–Crippen MR) is 88.2 cm³/mol. The first kappa shape index (κ1) is 16.0. The number of nitrogens with one attached hydrogen (secondary N) is 1. The van der Waals surface area contributed by atoms with Crippen LogP contribution in [0.5, 0.6) is 0 Å². The number of carbonyl (C=O) groups excluding carboxylic acids is 1. The van der Waals surface area contributed by atoms with Crippen molar-refractivity contribution >= 4 is 11.9 Å². The topological polar surface area (TPSA) is 66.4 Å². The van der Waals surface area contributed by atoms with Crippen LogP contribution in [-0.4, -0.2) is 23.5 Å². The van der Waals surface area contributed by atoms with Gasteiger partial charge in [0, 0.05) is 17.9 Å². The first-order chi connectivity index (χ1) is 11.0. The summed E-state index contributed by atoms with van der Waals surface area (Å²) in [6, 6.07) is 8.51. The van der Waals surface area contributed by atoms with E-state index in [0.29, 0.717) is 25.8 Å². The summed E-state index contributed by atoms with van der Waals surface area (Å²) in [6.45, 7) is 2.86. The minimum Gasteiger partial charge on any atom is -0.481 e. The molecule has 2 N–H and O–H groups in total. The van der Waals surface area contributed by atoms with Gasteiger partial charge in [0.2, 0.25) is 5.91 Å². The molecule has 0 aliphatic heterocycles. The van der Waals surface area contributed by atoms with Crippen molar-refractivity contribution in [3.63, 3.8) is 0 Å². The smallest absolute Gasteiger partial charge is 0.306 e. The Kier molecular flexibility index (Phi) is 4.42. The van der Waals surface area contributed by atoms with E-state index in [0.717, 1.165) is 19.3 Å². The molecule has 0 saturated heterocycles. The van der Waals surface area contributed by atoms with E-state index in [9.17, 15) is 9.59 Å². The Hall–Kier alpha value is -1.84. The fourth-order valence-corrected chi connectivity index (χ4v) is 4.18. The lowest BCUT2D eigenvalue weighted by molar-refractivity contribution is -0.141. The summed E-state index contributed by atoms with van der Waals surface area (Å²) in [5, 5.41) is 12.2. The Morgan fingerprint density at radius 3 is 2.74 bits per heavy atom. The number of fused-ring (bicyclic) bond motifs is 1. The van der Waals surface area contributed by atoms with Crippen LogP contribution in [-0.2, 0) is 21.4 Å². The summed E-state index contributed by atoms with van der Waals surface area (Å²) >= 11 is 0. The molecule has 0 radical (unpaired) electrons. The molecule has 2 aliphatic carbocycles. The van der Waals surface area contributed by atoms with E-state index in [1.165, 1.54) is 11.1 Å². The summed E-state index contributed by atoms with van der Waals surface area (Å²) in [5.74, 6) is -1.23. The highest BCUT2D eigenvalue weighted by Crippen LogP contribution is 2.37. The lowest BCUT2D eigenvalue weighted by atomic mass is 9.71.